The van der Waals surface area contributed by atoms with Crippen molar-refractivity contribution >= 4 is 17.7 Å². The average molecular weight is 594 g/mol. The van der Waals surface area contributed by atoms with Crippen molar-refractivity contribution in [2.75, 3.05) is 31.6 Å². The highest BCUT2D eigenvalue weighted by molar-refractivity contribution is 5.91. The van der Waals surface area contributed by atoms with Crippen LogP contribution in [-0.2, 0) is 25.6 Å². The average Bonchev–Trinajstić information content (AvgIpc) is 3.20. The zero-order chi connectivity index (χ0) is 30.8. The van der Waals surface area contributed by atoms with Crippen LogP contribution in [0.2, 0.25) is 0 Å². The van der Waals surface area contributed by atoms with Gasteiger partial charge >= 0.3 is 12.0 Å². The Morgan fingerprint density at radius 2 is 1.84 bits per heavy atom. The predicted octanol–water partition coefficient (Wildman–Crippen LogP) is 5.56. The van der Waals surface area contributed by atoms with Crippen molar-refractivity contribution in [2.45, 2.75) is 85.0 Å². The summed E-state index contributed by atoms with van der Waals surface area (Å²) in [4.78, 5) is 26.7. The third-order valence-corrected chi connectivity index (χ3v) is 9.18. The molecule has 2 amide bonds. The SMILES string of the molecule is CCOC(=O)CNC(=O)Nc1cccc([C@H]2O[C@@H](CN3CC4(C)CC3CC(C)(C)C4)[C@@H](C)[C@@H](c3ccc(CO)cc3)O2)c1. The van der Waals surface area contributed by atoms with Crippen molar-refractivity contribution in [1.29, 1.82) is 0 Å². The Bertz CT molecular complexity index is 1280. The molecule has 2 saturated heterocycles. The van der Waals surface area contributed by atoms with E-state index in [4.69, 9.17) is 14.2 Å². The van der Waals surface area contributed by atoms with Crippen molar-refractivity contribution < 1.29 is 28.9 Å². The van der Waals surface area contributed by atoms with Crippen LogP contribution in [0, 0.1) is 16.7 Å². The maximum Gasteiger partial charge on any atom is 0.325 e. The number of esters is 1. The summed E-state index contributed by atoms with van der Waals surface area (Å²) in [6, 6.07) is 15.4. The van der Waals surface area contributed by atoms with Gasteiger partial charge in [0.15, 0.2) is 6.29 Å². The second-order valence-corrected chi connectivity index (χ2v) is 13.7. The first-order valence-electron chi connectivity index (χ1n) is 15.5. The van der Waals surface area contributed by atoms with E-state index in [1.807, 2.05) is 42.5 Å². The standard InChI is InChI=1S/C34H47N3O6/c1-6-41-29(39)17-35-32(40)36-26-9-7-8-25(14-26)31-42-28(18-37-21-34(5)16-27(37)15-33(3,4)20-34)22(2)30(43-31)24-12-10-23(19-38)11-13-24/h7-14,22,27-28,30-31,38H,6,15-21H2,1-5H3,(H2,35,36,40)/t22-,27?,28+,30+,31+,34?/m1/s1. The molecule has 2 aromatic rings. The highest BCUT2D eigenvalue weighted by Gasteiger charge is 2.51. The molecule has 234 valence electrons. The van der Waals surface area contributed by atoms with Crippen molar-refractivity contribution in [3.8, 4) is 0 Å². The summed E-state index contributed by atoms with van der Waals surface area (Å²) < 4.78 is 18.3. The molecule has 9 nitrogen and oxygen atoms in total. The Balaban J connectivity index is 1.35. The van der Waals surface area contributed by atoms with Crippen molar-refractivity contribution in [2.24, 2.45) is 16.7 Å². The van der Waals surface area contributed by atoms with Crippen LogP contribution in [0.5, 0.6) is 0 Å². The Morgan fingerprint density at radius 1 is 1.07 bits per heavy atom. The number of hydrogen-bond donors (Lipinski definition) is 3. The van der Waals surface area contributed by atoms with Crippen LogP contribution in [0.15, 0.2) is 48.5 Å². The molecule has 9 heteroatoms. The first-order chi connectivity index (χ1) is 20.5. The monoisotopic (exact) mass is 593 g/mol. The minimum atomic E-state index is -0.637. The van der Waals surface area contributed by atoms with E-state index in [0.717, 1.165) is 29.8 Å². The van der Waals surface area contributed by atoms with Gasteiger partial charge in [0.05, 0.1) is 25.4 Å². The lowest BCUT2D eigenvalue weighted by atomic mass is 9.65. The Labute approximate surface area is 255 Å². The molecule has 1 aliphatic carbocycles. The number of likely N-dealkylation sites (tertiary alicyclic amines) is 1. The number of rotatable bonds is 9. The molecule has 0 radical (unpaired) electrons. The lowest BCUT2D eigenvalue weighted by Crippen LogP contribution is -2.46. The number of aliphatic hydroxyl groups is 1. The highest BCUT2D eigenvalue weighted by Crippen LogP contribution is 2.53. The van der Waals surface area contributed by atoms with E-state index in [1.54, 1.807) is 13.0 Å². The van der Waals surface area contributed by atoms with Crippen LogP contribution in [0.4, 0.5) is 10.5 Å². The molecule has 2 unspecified atom stereocenters. The van der Waals surface area contributed by atoms with Gasteiger partial charge in [0.1, 0.15) is 6.54 Å². The number of nitrogens with zero attached hydrogens (tertiary/aromatic N) is 1. The Morgan fingerprint density at radius 3 is 2.56 bits per heavy atom. The first-order valence-corrected chi connectivity index (χ1v) is 15.5. The third kappa shape index (κ3) is 7.58. The zero-order valence-electron chi connectivity index (χ0n) is 26.1. The fraction of sp³-hybridized carbons (Fsp3) is 0.588. The minimum absolute atomic E-state index is 0.00561. The zero-order valence-corrected chi connectivity index (χ0v) is 26.1. The van der Waals surface area contributed by atoms with Gasteiger partial charge in [-0.15, -0.1) is 0 Å². The molecular formula is C34H47N3O6. The summed E-state index contributed by atoms with van der Waals surface area (Å²) >= 11 is 0. The molecule has 1 saturated carbocycles. The number of anilines is 1. The van der Waals surface area contributed by atoms with Crippen LogP contribution in [0.1, 0.15) is 83.0 Å². The first kappa shape index (κ1) is 31.4. The molecule has 3 fully saturated rings. The number of ether oxygens (including phenoxy) is 3. The van der Waals surface area contributed by atoms with Gasteiger partial charge in [-0.1, -0.05) is 64.1 Å². The molecule has 3 aliphatic rings. The molecule has 2 bridgehead atoms. The van der Waals surface area contributed by atoms with Crippen molar-refractivity contribution in [3.05, 3.63) is 65.2 Å². The van der Waals surface area contributed by atoms with E-state index >= 15 is 0 Å². The second kappa shape index (κ2) is 12.9. The van der Waals surface area contributed by atoms with Crippen LogP contribution >= 0.6 is 0 Å². The van der Waals surface area contributed by atoms with Crippen LogP contribution in [-0.4, -0.2) is 60.4 Å². The van der Waals surface area contributed by atoms with Crippen LogP contribution in [0.25, 0.3) is 0 Å². The summed E-state index contributed by atoms with van der Waals surface area (Å²) in [5.74, 6) is -0.402. The van der Waals surface area contributed by atoms with Gasteiger partial charge < -0.3 is 30.0 Å². The number of carbonyl (C=O) groups is 2. The molecule has 0 aromatic heterocycles. The minimum Gasteiger partial charge on any atom is -0.465 e. The lowest BCUT2D eigenvalue weighted by Gasteiger charge is -2.43. The molecule has 2 heterocycles. The summed E-state index contributed by atoms with van der Waals surface area (Å²) in [5, 5.41) is 14.9. The number of benzene rings is 2. The Hall–Kier alpha value is -2.98. The second-order valence-electron chi connectivity index (χ2n) is 13.7. The van der Waals surface area contributed by atoms with Crippen LogP contribution < -0.4 is 10.6 Å². The normalized spacial score (nSPS) is 30.0. The third-order valence-electron chi connectivity index (χ3n) is 9.18. The highest BCUT2D eigenvalue weighted by atomic mass is 16.7. The summed E-state index contributed by atoms with van der Waals surface area (Å²) in [6.45, 7) is 13.1. The fourth-order valence-electron chi connectivity index (χ4n) is 7.65. The van der Waals surface area contributed by atoms with Gasteiger partial charge in [-0.25, -0.2) is 4.79 Å². The molecule has 2 aliphatic heterocycles. The fourth-order valence-corrected chi connectivity index (χ4v) is 7.65. The van der Waals surface area contributed by atoms with Crippen molar-refractivity contribution in [1.82, 2.24) is 10.2 Å². The van der Waals surface area contributed by atoms with E-state index < -0.39 is 18.3 Å². The number of nitrogens with one attached hydrogen (secondary N) is 2. The van der Waals surface area contributed by atoms with E-state index in [0.29, 0.717) is 22.6 Å². The van der Waals surface area contributed by atoms with Crippen molar-refractivity contribution in [3.63, 3.8) is 0 Å². The number of urea groups is 1. The summed E-state index contributed by atoms with van der Waals surface area (Å²) in [7, 11) is 0. The molecule has 0 spiro atoms. The van der Waals surface area contributed by atoms with E-state index in [9.17, 15) is 14.7 Å². The van der Waals surface area contributed by atoms with E-state index in [-0.39, 0.29) is 37.9 Å². The summed E-state index contributed by atoms with van der Waals surface area (Å²) in [6.07, 6.45) is 2.75. The predicted molar refractivity (Wildman–Crippen MR) is 164 cm³/mol. The smallest absolute Gasteiger partial charge is 0.325 e. The van der Waals surface area contributed by atoms with Gasteiger partial charge in [0.2, 0.25) is 0 Å². The quantitative estimate of drug-likeness (QED) is 0.327. The summed E-state index contributed by atoms with van der Waals surface area (Å²) in [5.41, 5.74) is 3.93. The van der Waals surface area contributed by atoms with E-state index in [2.05, 4.69) is 43.2 Å². The molecule has 2 aromatic carbocycles. The molecule has 6 atom stereocenters. The largest absolute Gasteiger partial charge is 0.465 e. The van der Waals surface area contributed by atoms with Gasteiger partial charge in [0, 0.05) is 36.3 Å². The topological polar surface area (TPSA) is 109 Å². The van der Waals surface area contributed by atoms with E-state index in [1.165, 1.54) is 19.3 Å². The van der Waals surface area contributed by atoms with Gasteiger partial charge in [0.25, 0.3) is 0 Å². The number of aliphatic hydroxyl groups excluding tert-OH is 1. The number of carbonyl (C=O) groups excluding carboxylic acids is 2. The maximum absolute atomic E-state index is 12.4. The number of fused-ring (bicyclic) bond motifs is 2. The molecule has 43 heavy (non-hydrogen) atoms. The number of hydrogen-bond acceptors (Lipinski definition) is 7. The molecule has 3 N–H and O–H groups in total. The van der Waals surface area contributed by atoms with Gasteiger partial charge in [-0.3, -0.25) is 9.69 Å². The lowest BCUT2D eigenvalue weighted by molar-refractivity contribution is -0.276. The maximum atomic E-state index is 12.4. The van der Waals surface area contributed by atoms with Crippen LogP contribution in [0.3, 0.4) is 0 Å². The van der Waals surface area contributed by atoms with Gasteiger partial charge in [-0.2, -0.15) is 0 Å². The molecular weight excluding hydrogens is 546 g/mol. The Kier molecular flexibility index (Phi) is 9.46. The van der Waals surface area contributed by atoms with Gasteiger partial charge in [-0.05, 0) is 60.3 Å². The molecule has 5 rings (SSSR count). The number of amides is 2.